The number of anilines is 1. The summed E-state index contributed by atoms with van der Waals surface area (Å²) in [5.74, 6) is -1.67. The van der Waals surface area contributed by atoms with E-state index >= 15 is 0 Å². The lowest BCUT2D eigenvalue weighted by molar-refractivity contribution is -0.172. The Kier molecular flexibility index (Phi) is 9.09. The number of nitrogen functional groups attached to an aromatic ring is 1. The van der Waals surface area contributed by atoms with Crippen molar-refractivity contribution in [2.45, 2.75) is 123 Å². The van der Waals surface area contributed by atoms with Gasteiger partial charge in [-0.3, -0.25) is 4.90 Å². The lowest BCUT2D eigenvalue weighted by atomic mass is 9.99. The highest BCUT2D eigenvalue weighted by atomic mass is 16.8. The molecule has 4 rings (SSSR count). The Morgan fingerprint density at radius 3 is 2.34 bits per heavy atom. The van der Waals surface area contributed by atoms with Crippen molar-refractivity contribution in [3.05, 3.63) is 18.1 Å². The molecule has 1 unspecified atom stereocenters. The van der Waals surface area contributed by atoms with Gasteiger partial charge in [0.2, 0.25) is 0 Å². The van der Waals surface area contributed by atoms with Crippen molar-refractivity contribution in [1.29, 1.82) is 0 Å². The first kappa shape index (κ1) is 33.2. The lowest BCUT2D eigenvalue weighted by Gasteiger charge is -2.35. The molecule has 14 nitrogen and oxygen atoms in total. The molecular formula is C30H46N6O8. The summed E-state index contributed by atoms with van der Waals surface area (Å²) >= 11 is 0. The highest BCUT2D eigenvalue weighted by Gasteiger charge is 2.61. The number of aromatic nitrogens is 3. The van der Waals surface area contributed by atoms with Gasteiger partial charge in [-0.05, 0) is 61.3 Å². The van der Waals surface area contributed by atoms with Crippen LogP contribution in [-0.2, 0) is 28.5 Å². The molecule has 0 saturated carbocycles. The number of hydrogen-bond acceptors (Lipinski definition) is 11. The Morgan fingerprint density at radius 1 is 1.09 bits per heavy atom. The molecule has 2 aliphatic heterocycles. The summed E-state index contributed by atoms with van der Waals surface area (Å²) in [6, 6.07) is -2.54. The molecule has 2 aromatic rings. The number of aromatic amines is 1. The van der Waals surface area contributed by atoms with Gasteiger partial charge in [-0.25, -0.2) is 24.4 Å². The third-order valence-corrected chi connectivity index (χ3v) is 7.49. The molecule has 14 heteroatoms. The normalized spacial score (nSPS) is 24.5. The Morgan fingerprint density at radius 2 is 1.73 bits per heavy atom. The van der Waals surface area contributed by atoms with E-state index < -0.39 is 65.5 Å². The minimum atomic E-state index is -0.993. The van der Waals surface area contributed by atoms with Gasteiger partial charge in [0.15, 0.2) is 11.6 Å². The number of carbonyl (C=O) groups excluding carboxylic acids is 3. The molecule has 244 valence electrons. The molecule has 0 bridgehead atoms. The van der Waals surface area contributed by atoms with Crippen molar-refractivity contribution in [3.63, 3.8) is 0 Å². The smallest absolute Gasteiger partial charge is 0.411 e. The quantitative estimate of drug-likeness (QED) is 0.299. The van der Waals surface area contributed by atoms with Crippen LogP contribution >= 0.6 is 0 Å². The Balaban J connectivity index is 1.69. The Hall–Kier alpha value is -3.65. The average Bonchev–Trinajstić information content (AvgIpc) is 3.52. The van der Waals surface area contributed by atoms with E-state index in [2.05, 4.69) is 20.3 Å². The van der Waals surface area contributed by atoms with Crippen LogP contribution in [0.15, 0.2) is 12.5 Å². The fourth-order valence-electron chi connectivity index (χ4n) is 5.51. The van der Waals surface area contributed by atoms with Gasteiger partial charge < -0.3 is 39.7 Å². The van der Waals surface area contributed by atoms with E-state index in [1.54, 1.807) is 61.6 Å². The maximum atomic E-state index is 13.9. The molecule has 2 aromatic heterocycles. The molecule has 2 saturated heterocycles. The van der Waals surface area contributed by atoms with Gasteiger partial charge in [-0.1, -0.05) is 20.3 Å². The molecule has 0 aliphatic carbocycles. The van der Waals surface area contributed by atoms with E-state index in [1.807, 2.05) is 13.8 Å². The number of nitrogens with two attached hydrogens (primary N) is 1. The van der Waals surface area contributed by atoms with E-state index in [0.717, 1.165) is 0 Å². The largest absolute Gasteiger partial charge is 0.462 e. The van der Waals surface area contributed by atoms with Crippen LogP contribution in [-0.4, -0.2) is 85.9 Å². The van der Waals surface area contributed by atoms with Crippen LogP contribution in [0, 0.1) is 5.92 Å². The predicted octanol–water partition coefficient (Wildman–Crippen LogP) is 4.20. The number of nitrogens with one attached hydrogen (secondary N) is 2. The zero-order valence-electron chi connectivity index (χ0n) is 27.2. The molecule has 2 aliphatic rings. The molecule has 0 radical (unpaired) electrons. The van der Waals surface area contributed by atoms with Gasteiger partial charge in [0.25, 0.3) is 0 Å². The molecule has 0 aromatic carbocycles. The van der Waals surface area contributed by atoms with Gasteiger partial charge in [-0.2, -0.15) is 0 Å². The van der Waals surface area contributed by atoms with E-state index in [4.69, 9.17) is 29.4 Å². The van der Waals surface area contributed by atoms with E-state index in [9.17, 15) is 14.4 Å². The van der Waals surface area contributed by atoms with Crippen LogP contribution in [0.2, 0.25) is 0 Å². The topological polar surface area (TPSA) is 180 Å². The maximum Gasteiger partial charge on any atom is 0.411 e. The monoisotopic (exact) mass is 618 g/mol. The summed E-state index contributed by atoms with van der Waals surface area (Å²) < 4.78 is 29.8. The molecule has 4 heterocycles. The van der Waals surface area contributed by atoms with E-state index in [0.29, 0.717) is 23.0 Å². The van der Waals surface area contributed by atoms with Crippen LogP contribution in [0.5, 0.6) is 0 Å². The molecule has 2 fully saturated rings. The van der Waals surface area contributed by atoms with Gasteiger partial charge in [0.1, 0.15) is 47.9 Å². The van der Waals surface area contributed by atoms with Crippen LogP contribution < -0.4 is 11.1 Å². The number of hydrogen-bond donors (Lipinski definition) is 3. The highest BCUT2D eigenvalue weighted by Crippen LogP contribution is 2.49. The lowest BCUT2D eigenvalue weighted by Crippen LogP contribution is -2.50. The van der Waals surface area contributed by atoms with Gasteiger partial charge >= 0.3 is 18.2 Å². The Bertz CT molecular complexity index is 1380. The molecule has 6 atom stereocenters. The minimum Gasteiger partial charge on any atom is -0.462 e. The zero-order valence-corrected chi connectivity index (χ0v) is 27.2. The van der Waals surface area contributed by atoms with Gasteiger partial charge in [0, 0.05) is 11.8 Å². The number of nitrogens with zero attached hydrogens (tertiary/aromatic N) is 3. The number of esters is 1. The zero-order chi connectivity index (χ0) is 32.8. The number of H-pyrrole nitrogens is 1. The maximum absolute atomic E-state index is 13.9. The van der Waals surface area contributed by atoms with E-state index in [-0.39, 0.29) is 18.3 Å². The first-order valence-electron chi connectivity index (χ1n) is 14.9. The number of rotatable bonds is 7. The number of amides is 2. The van der Waals surface area contributed by atoms with Crippen molar-refractivity contribution >= 4 is 35.0 Å². The summed E-state index contributed by atoms with van der Waals surface area (Å²) in [7, 11) is 0. The molecular weight excluding hydrogens is 572 g/mol. The SMILES string of the molecule is CCC(C)[C@H](NC(=O)OC(C)(C)C)C(=O)OC[C@@H]1[C@H]2OC(C)(C)O[C@H]2[C@H](c2c[nH]c3c(N)ncnc23)N1C(=O)OC(C)(C)C. The summed E-state index contributed by atoms with van der Waals surface area (Å²) in [5, 5.41) is 2.65. The number of fused-ring (bicyclic) bond motifs is 2. The van der Waals surface area contributed by atoms with E-state index in [1.165, 1.54) is 11.2 Å². The second kappa shape index (κ2) is 12.0. The van der Waals surface area contributed by atoms with Crippen molar-refractivity contribution in [2.75, 3.05) is 12.3 Å². The molecule has 4 N–H and O–H groups in total. The molecule has 0 spiro atoms. The minimum absolute atomic E-state index is 0.252. The second-order valence-electron chi connectivity index (χ2n) is 13.8. The fourth-order valence-corrected chi connectivity index (χ4v) is 5.51. The summed E-state index contributed by atoms with van der Waals surface area (Å²) in [5.41, 5.74) is 6.17. The summed E-state index contributed by atoms with van der Waals surface area (Å²) in [6.07, 6.45) is 0.910. The molecule has 44 heavy (non-hydrogen) atoms. The summed E-state index contributed by atoms with van der Waals surface area (Å²) in [6.45, 7) is 17.5. The number of carbonyl (C=O) groups is 3. The van der Waals surface area contributed by atoms with Crippen molar-refractivity contribution < 1.29 is 38.1 Å². The van der Waals surface area contributed by atoms with Crippen molar-refractivity contribution in [3.8, 4) is 0 Å². The van der Waals surface area contributed by atoms with Crippen LogP contribution in [0.25, 0.3) is 11.0 Å². The highest BCUT2D eigenvalue weighted by molar-refractivity contribution is 5.88. The first-order valence-corrected chi connectivity index (χ1v) is 14.9. The summed E-state index contributed by atoms with van der Waals surface area (Å²) in [4.78, 5) is 53.1. The van der Waals surface area contributed by atoms with Crippen LogP contribution in [0.1, 0.15) is 87.3 Å². The van der Waals surface area contributed by atoms with Crippen LogP contribution in [0.4, 0.5) is 15.4 Å². The van der Waals surface area contributed by atoms with Gasteiger partial charge in [0.05, 0.1) is 17.6 Å². The van der Waals surface area contributed by atoms with Crippen molar-refractivity contribution in [1.82, 2.24) is 25.2 Å². The third kappa shape index (κ3) is 7.17. The second-order valence-corrected chi connectivity index (χ2v) is 13.8. The fraction of sp³-hybridized carbons (Fsp3) is 0.700. The number of alkyl carbamates (subject to hydrolysis) is 1. The van der Waals surface area contributed by atoms with Gasteiger partial charge in [-0.15, -0.1) is 0 Å². The first-order chi connectivity index (χ1) is 20.3. The third-order valence-electron chi connectivity index (χ3n) is 7.49. The number of ether oxygens (including phenoxy) is 5. The van der Waals surface area contributed by atoms with Crippen molar-refractivity contribution in [2.24, 2.45) is 5.92 Å². The standard InChI is InChI=1S/C30H46N6O8/c1-11-15(2)18(35-26(38)43-28(3,4)5)25(37)40-13-17-22-23(42-30(9,10)41-22)21(36(17)27(39)44-29(6,7)8)16-12-32-20-19(16)33-14-34-24(20)31/h12,14-15,17-18,21-23,32H,11,13H2,1-10H3,(H,35,38)(H2,31,33,34)/t15?,17-,18+,21+,22-,23+/m1/s1. The number of likely N-dealkylation sites (tertiary alicyclic amines) is 1. The Labute approximate surface area is 257 Å². The predicted molar refractivity (Wildman–Crippen MR) is 160 cm³/mol. The van der Waals surface area contributed by atoms with Crippen LogP contribution in [0.3, 0.4) is 0 Å². The molecule has 2 amide bonds. The average molecular weight is 619 g/mol.